The molecule has 0 amide bonds. The molecule has 4 aromatic rings. The van der Waals surface area contributed by atoms with Crippen molar-refractivity contribution in [3.63, 3.8) is 0 Å². The van der Waals surface area contributed by atoms with E-state index in [1.165, 1.54) is 17.1 Å². The van der Waals surface area contributed by atoms with Gasteiger partial charge in [0.1, 0.15) is 17.8 Å². The average molecular weight is 393 g/mol. The zero-order chi connectivity index (χ0) is 20.2. The maximum atomic E-state index is 12.7. The smallest absolute Gasteiger partial charge is 0.327 e. The van der Waals surface area contributed by atoms with E-state index in [-0.39, 0.29) is 18.7 Å². The van der Waals surface area contributed by atoms with Gasteiger partial charge in [0.05, 0.1) is 24.8 Å². The highest BCUT2D eigenvalue weighted by atomic mass is 19.1. The average Bonchev–Trinajstić information content (AvgIpc) is 3.43. The van der Waals surface area contributed by atoms with Crippen LogP contribution in [0.25, 0.3) is 28.3 Å². The molecule has 0 aliphatic rings. The van der Waals surface area contributed by atoms with Crippen molar-refractivity contribution in [3.8, 4) is 28.3 Å². The highest BCUT2D eigenvalue weighted by Crippen LogP contribution is 2.22. The molecule has 3 heterocycles. The molecule has 3 aromatic heterocycles. The summed E-state index contributed by atoms with van der Waals surface area (Å²) in [5.74, 6) is 0.405. The van der Waals surface area contributed by atoms with Crippen molar-refractivity contribution in [2.45, 2.75) is 6.54 Å². The van der Waals surface area contributed by atoms with Crippen LogP contribution in [0, 0.1) is 0 Å². The molecule has 0 fully saturated rings. The van der Waals surface area contributed by atoms with Crippen LogP contribution < -0.4 is 11.4 Å². The lowest BCUT2D eigenvalue weighted by Gasteiger charge is -2.05. The van der Waals surface area contributed by atoms with Crippen LogP contribution in [0.15, 0.2) is 76.3 Å². The van der Waals surface area contributed by atoms with E-state index < -0.39 is 5.69 Å². The molecule has 0 saturated heterocycles. The summed E-state index contributed by atoms with van der Waals surface area (Å²) < 4.78 is 19.8. The minimum Gasteiger partial charge on any atom is -0.327 e. The number of halogens is 1. The lowest BCUT2D eigenvalue weighted by molar-refractivity contribution is 0.308. The molecule has 0 aliphatic heterocycles. The Labute approximate surface area is 163 Å². The third kappa shape index (κ3) is 3.73. The molecule has 1 aromatic carbocycles. The Hall–Kier alpha value is -3.92. The van der Waals surface area contributed by atoms with Gasteiger partial charge in [-0.1, -0.05) is 35.5 Å². The van der Waals surface area contributed by atoms with E-state index in [1.807, 2.05) is 30.3 Å². The standard InChI is InChI=1S/C19H16FN7O2/c20-8-13(9-21)11-27-19(28)26(12-22-27)18-3-1-2-16(24-18)14-4-6-15(7-5-14)17-10-23-29-25-17/h1-8,10,12H,9,11,21H2/b13-8+. The Morgan fingerprint density at radius 2 is 1.90 bits per heavy atom. The van der Waals surface area contributed by atoms with Gasteiger partial charge in [-0.2, -0.15) is 5.10 Å². The summed E-state index contributed by atoms with van der Waals surface area (Å²) in [6, 6.07) is 12.9. The first kappa shape index (κ1) is 18.4. The molecule has 10 heteroatoms. The molecular formula is C19H16FN7O2. The predicted molar refractivity (Wildman–Crippen MR) is 103 cm³/mol. The normalized spacial score (nSPS) is 11.7. The van der Waals surface area contributed by atoms with E-state index in [2.05, 4.69) is 25.0 Å². The van der Waals surface area contributed by atoms with Gasteiger partial charge in [-0.15, -0.1) is 0 Å². The highest BCUT2D eigenvalue weighted by Gasteiger charge is 2.11. The molecule has 2 N–H and O–H groups in total. The fourth-order valence-corrected chi connectivity index (χ4v) is 2.76. The van der Waals surface area contributed by atoms with E-state index in [4.69, 9.17) is 5.73 Å². The largest absolute Gasteiger partial charge is 0.351 e. The molecule has 0 spiro atoms. The molecule has 4 rings (SSSR count). The first-order chi connectivity index (χ1) is 14.2. The lowest BCUT2D eigenvalue weighted by atomic mass is 10.1. The molecule has 9 nitrogen and oxygen atoms in total. The van der Waals surface area contributed by atoms with Crippen LogP contribution in [-0.4, -0.2) is 36.2 Å². The number of benzene rings is 1. The molecule has 0 saturated carbocycles. The molecule has 0 bridgehead atoms. The van der Waals surface area contributed by atoms with E-state index >= 15 is 0 Å². The van der Waals surface area contributed by atoms with Gasteiger partial charge >= 0.3 is 5.69 Å². The van der Waals surface area contributed by atoms with Crippen molar-refractivity contribution < 1.29 is 9.02 Å². The van der Waals surface area contributed by atoms with Gasteiger partial charge in [0.2, 0.25) is 0 Å². The van der Waals surface area contributed by atoms with Crippen LogP contribution in [0.3, 0.4) is 0 Å². The van der Waals surface area contributed by atoms with Crippen molar-refractivity contribution in [3.05, 3.63) is 77.4 Å². The summed E-state index contributed by atoms with van der Waals surface area (Å²) in [4.78, 5) is 17.1. The van der Waals surface area contributed by atoms with Gasteiger partial charge in [0, 0.05) is 17.7 Å². The molecule has 0 radical (unpaired) electrons. The van der Waals surface area contributed by atoms with E-state index in [1.54, 1.807) is 12.1 Å². The van der Waals surface area contributed by atoms with Crippen LogP contribution in [0.1, 0.15) is 0 Å². The number of hydrogen-bond donors (Lipinski definition) is 1. The minimum atomic E-state index is -0.434. The second-order valence-corrected chi connectivity index (χ2v) is 6.16. The molecular weight excluding hydrogens is 377 g/mol. The zero-order valence-electron chi connectivity index (χ0n) is 15.1. The third-order valence-corrected chi connectivity index (χ3v) is 4.32. The van der Waals surface area contributed by atoms with Crippen molar-refractivity contribution in [2.75, 3.05) is 6.54 Å². The molecule has 29 heavy (non-hydrogen) atoms. The van der Waals surface area contributed by atoms with Crippen molar-refractivity contribution in [1.82, 2.24) is 29.6 Å². The van der Waals surface area contributed by atoms with Gasteiger partial charge in [0.15, 0.2) is 0 Å². The lowest BCUT2D eigenvalue weighted by Crippen LogP contribution is -2.26. The molecule has 0 atom stereocenters. The van der Waals surface area contributed by atoms with Crippen LogP contribution in [0.2, 0.25) is 0 Å². The number of nitrogens with two attached hydrogens (primary N) is 1. The quantitative estimate of drug-likeness (QED) is 0.532. The Morgan fingerprint density at radius 3 is 2.55 bits per heavy atom. The van der Waals surface area contributed by atoms with Crippen LogP contribution in [0.4, 0.5) is 4.39 Å². The second kappa shape index (κ2) is 7.98. The summed E-state index contributed by atoms with van der Waals surface area (Å²) in [6.07, 6.45) is 3.27. The SMILES string of the molecule is NC/C(=C\F)Cn1ncn(-c2cccc(-c3ccc(-c4cnon4)cc3)n2)c1=O. The Bertz CT molecular complexity index is 1190. The fraction of sp³-hybridized carbons (Fsp3) is 0.105. The number of aromatic nitrogens is 6. The second-order valence-electron chi connectivity index (χ2n) is 6.16. The zero-order valence-corrected chi connectivity index (χ0v) is 15.1. The van der Waals surface area contributed by atoms with Crippen LogP contribution in [0.5, 0.6) is 0 Å². The summed E-state index contributed by atoms with van der Waals surface area (Å²) >= 11 is 0. The van der Waals surface area contributed by atoms with E-state index in [0.717, 1.165) is 15.8 Å². The maximum absolute atomic E-state index is 12.7. The summed E-state index contributed by atoms with van der Waals surface area (Å²) in [5.41, 5.74) is 8.31. The number of rotatable bonds is 6. The first-order valence-electron chi connectivity index (χ1n) is 8.68. The number of nitrogens with zero attached hydrogens (tertiary/aromatic N) is 6. The van der Waals surface area contributed by atoms with Crippen molar-refractivity contribution >= 4 is 0 Å². The molecule has 0 aliphatic carbocycles. The van der Waals surface area contributed by atoms with Crippen molar-refractivity contribution in [1.29, 1.82) is 0 Å². The summed E-state index contributed by atoms with van der Waals surface area (Å²) in [7, 11) is 0. The van der Waals surface area contributed by atoms with Gasteiger partial charge < -0.3 is 5.73 Å². The predicted octanol–water partition coefficient (Wildman–Crippen LogP) is 1.96. The molecule has 0 unspecified atom stereocenters. The Morgan fingerprint density at radius 1 is 1.14 bits per heavy atom. The van der Waals surface area contributed by atoms with Crippen LogP contribution >= 0.6 is 0 Å². The van der Waals surface area contributed by atoms with Gasteiger partial charge in [0.25, 0.3) is 0 Å². The maximum Gasteiger partial charge on any atom is 0.351 e. The summed E-state index contributed by atoms with van der Waals surface area (Å²) in [5, 5.41) is 11.4. The minimum absolute atomic E-state index is 0.00390. The van der Waals surface area contributed by atoms with Crippen molar-refractivity contribution in [2.24, 2.45) is 5.73 Å². The third-order valence-electron chi connectivity index (χ3n) is 4.32. The van der Waals surface area contributed by atoms with E-state index in [9.17, 15) is 9.18 Å². The Kier molecular flexibility index (Phi) is 5.08. The van der Waals surface area contributed by atoms with Gasteiger partial charge in [-0.25, -0.2) is 28.0 Å². The summed E-state index contributed by atoms with van der Waals surface area (Å²) in [6.45, 7) is -0.0131. The highest BCUT2D eigenvalue weighted by molar-refractivity contribution is 5.66. The van der Waals surface area contributed by atoms with Gasteiger partial charge in [-0.05, 0) is 22.9 Å². The molecule has 146 valence electrons. The fourth-order valence-electron chi connectivity index (χ4n) is 2.76. The van der Waals surface area contributed by atoms with Gasteiger partial charge in [-0.3, -0.25) is 0 Å². The van der Waals surface area contributed by atoms with Crippen LogP contribution in [-0.2, 0) is 6.54 Å². The number of hydrogen-bond acceptors (Lipinski definition) is 7. The monoisotopic (exact) mass is 393 g/mol. The first-order valence-corrected chi connectivity index (χ1v) is 8.68. The number of pyridine rings is 1. The Balaban J connectivity index is 1.63. The van der Waals surface area contributed by atoms with E-state index in [0.29, 0.717) is 23.5 Å². The topological polar surface area (TPSA) is 118 Å².